The van der Waals surface area contributed by atoms with Crippen molar-refractivity contribution in [3.8, 4) is 5.75 Å². The lowest BCUT2D eigenvalue weighted by atomic mass is 9.71. The molecule has 1 amide bonds. The summed E-state index contributed by atoms with van der Waals surface area (Å²) in [6, 6.07) is 14.0. The van der Waals surface area contributed by atoms with Crippen LogP contribution >= 0.6 is 0 Å². The lowest BCUT2D eigenvalue weighted by Gasteiger charge is -2.47. The summed E-state index contributed by atoms with van der Waals surface area (Å²) in [6.07, 6.45) is 5.25. The SMILES string of the molecule is Cc1c(CCC(=O)N2CC[C@@]3(O)CCCC[C@H]3C2)c(=O)oc2cc(OCc3ccc(C(C)(C)C)cc3)ccc12. The molecule has 1 aromatic heterocycles. The zero-order valence-corrected chi connectivity index (χ0v) is 23.7. The minimum atomic E-state index is -0.607. The fourth-order valence-corrected chi connectivity index (χ4v) is 6.21. The number of piperidine rings is 1. The number of hydrogen-bond donors (Lipinski definition) is 1. The van der Waals surface area contributed by atoms with Crippen LogP contribution in [-0.4, -0.2) is 34.6 Å². The Balaban J connectivity index is 1.23. The molecule has 0 unspecified atom stereocenters. The predicted molar refractivity (Wildman–Crippen MR) is 153 cm³/mol. The third-order valence-corrected chi connectivity index (χ3v) is 8.85. The normalized spacial score (nSPS) is 21.6. The molecule has 208 valence electrons. The number of amides is 1. The standard InChI is InChI=1S/C33H41NO5/c1-22-27-13-12-26(38-21-23-8-10-24(11-9-23)32(2,3)4)19-29(27)39-31(36)28(22)14-15-30(35)34-18-17-33(37)16-6-5-7-25(33)20-34/h8-13,19,25,37H,5-7,14-18,20-21H2,1-4H3/t25-,33-/m0/s1. The van der Waals surface area contributed by atoms with E-state index in [1.54, 1.807) is 6.07 Å². The summed E-state index contributed by atoms with van der Waals surface area (Å²) in [5.74, 6) is 0.845. The summed E-state index contributed by atoms with van der Waals surface area (Å²) in [6.45, 7) is 10.1. The molecule has 0 radical (unpaired) electrons. The van der Waals surface area contributed by atoms with Gasteiger partial charge in [-0.2, -0.15) is 0 Å². The van der Waals surface area contributed by atoms with Crippen LogP contribution in [0.5, 0.6) is 5.75 Å². The van der Waals surface area contributed by atoms with Gasteiger partial charge in [0.15, 0.2) is 0 Å². The Kier molecular flexibility index (Phi) is 7.60. The van der Waals surface area contributed by atoms with Crippen LogP contribution < -0.4 is 10.4 Å². The Morgan fingerprint density at radius 2 is 1.90 bits per heavy atom. The molecule has 2 aliphatic rings. The first kappa shape index (κ1) is 27.4. The minimum Gasteiger partial charge on any atom is -0.489 e. The van der Waals surface area contributed by atoms with Crippen molar-refractivity contribution in [2.45, 2.75) is 90.3 Å². The monoisotopic (exact) mass is 531 g/mol. The zero-order valence-electron chi connectivity index (χ0n) is 23.7. The number of benzene rings is 2. The van der Waals surface area contributed by atoms with Crippen LogP contribution in [0.3, 0.4) is 0 Å². The van der Waals surface area contributed by atoms with Crippen molar-refractivity contribution in [2.24, 2.45) is 5.92 Å². The quantitative estimate of drug-likeness (QED) is 0.391. The van der Waals surface area contributed by atoms with Crippen molar-refractivity contribution in [1.82, 2.24) is 4.90 Å². The molecule has 2 aromatic carbocycles. The predicted octanol–water partition coefficient (Wildman–Crippen LogP) is 6.06. The number of carbonyl (C=O) groups is 1. The molecule has 5 rings (SSSR count). The first-order chi connectivity index (χ1) is 18.5. The Labute approximate surface area is 231 Å². The summed E-state index contributed by atoms with van der Waals surface area (Å²) in [5.41, 5.74) is 3.33. The van der Waals surface area contributed by atoms with Gasteiger partial charge in [0.05, 0.1) is 5.60 Å². The van der Waals surface area contributed by atoms with Crippen molar-refractivity contribution >= 4 is 16.9 Å². The van der Waals surface area contributed by atoms with Crippen molar-refractivity contribution in [3.05, 3.63) is 75.1 Å². The Bertz CT molecular complexity index is 1400. The van der Waals surface area contributed by atoms with Crippen molar-refractivity contribution in [2.75, 3.05) is 13.1 Å². The van der Waals surface area contributed by atoms with Crippen LogP contribution in [0.4, 0.5) is 0 Å². The van der Waals surface area contributed by atoms with E-state index in [1.165, 1.54) is 5.56 Å². The van der Waals surface area contributed by atoms with Gasteiger partial charge in [-0.25, -0.2) is 4.79 Å². The maximum absolute atomic E-state index is 13.0. The molecule has 1 N–H and O–H groups in total. The highest BCUT2D eigenvalue weighted by Gasteiger charge is 2.43. The van der Waals surface area contributed by atoms with Gasteiger partial charge in [0.2, 0.25) is 5.91 Å². The summed E-state index contributed by atoms with van der Waals surface area (Å²) in [7, 11) is 0. The molecular weight excluding hydrogens is 490 g/mol. The number of hydrogen-bond acceptors (Lipinski definition) is 5. The average Bonchev–Trinajstić information content (AvgIpc) is 2.90. The summed E-state index contributed by atoms with van der Waals surface area (Å²) < 4.78 is 11.7. The van der Waals surface area contributed by atoms with E-state index in [1.807, 2.05) is 24.0 Å². The van der Waals surface area contributed by atoms with Gasteiger partial charge in [0.1, 0.15) is 17.9 Å². The highest BCUT2D eigenvalue weighted by molar-refractivity contribution is 5.83. The second-order valence-electron chi connectivity index (χ2n) is 12.5. The number of likely N-dealkylation sites (tertiary alicyclic amines) is 1. The van der Waals surface area contributed by atoms with Crippen LogP contribution in [0.25, 0.3) is 11.0 Å². The van der Waals surface area contributed by atoms with Crippen molar-refractivity contribution in [1.29, 1.82) is 0 Å². The number of ether oxygens (including phenoxy) is 1. The fraction of sp³-hybridized carbons (Fsp3) is 0.515. The van der Waals surface area contributed by atoms with Gasteiger partial charge in [-0.15, -0.1) is 0 Å². The summed E-state index contributed by atoms with van der Waals surface area (Å²) in [4.78, 5) is 27.8. The van der Waals surface area contributed by atoms with E-state index in [0.717, 1.165) is 42.2 Å². The molecule has 0 bridgehead atoms. The van der Waals surface area contributed by atoms with Crippen LogP contribution in [0.1, 0.15) is 81.5 Å². The molecule has 6 heteroatoms. The molecule has 2 atom stereocenters. The van der Waals surface area contributed by atoms with E-state index >= 15 is 0 Å². The second kappa shape index (κ2) is 10.8. The van der Waals surface area contributed by atoms with E-state index in [9.17, 15) is 14.7 Å². The van der Waals surface area contributed by atoms with Gasteiger partial charge in [0.25, 0.3) is 0 Å². The van der Waals surface area contributed by atoms with Gasteiger partial charge >= 0.3 is 5.63 Å². The number of fused-ring (bicyclic) bond motifs is 2. The van der Waals surface area contributed by atoms with Crippen molar-refractivity contribution < 1.29 is 19.1 Å². The van der Waals surface area contributed by atoms with Gasteiger partial charge in [-0.1, -0.05) is 57.9 Å². The molecular formula is C33H41NO5. The highest BCUT2D eigenvalue weighted by atomic mass is 16.5. The lowest BCUT2D eigenvalue weighted by Crippen LogP contribution is -2.54. The van der Waals surface area contributed by atoms with Gasteiger partial charge in [0, 0.05) is 42.4 Å². The Morgan fingerprint density at radius 3 is 2.64 bits per heavy atom. The van der Waals surface area contributed by atoms with Crippen LogP contribution in [-0.2, 0) is 23.2 Å². The number of aliphatic hydroxyl groups is 1. The molecule has 1 aliphatic heterocycles. The smallest absolute Gasteiger partial charge is 0.339 e. The van der Waals surface area contributed by atoms with E-state index < -0.39 is 11.2 Å². The largest absolute Gasteiger partial charge is 0.489 e. The molecule has 1 saturated carbocycles. The average molecular weight is 532 g/mol. The Hall–Kier alpha value is -3.12. The van der Waals surface area contributed by atoms with Crippen LogP contribution in [0.15, 0.2) is 51.7 Å². The molecule has 2 fully saturated rings. The lowest BCUT2D eigenvalue weighted by molar-refractivity contribution is -0.143. The number of aryl methyl sites for hydroxylation is 1. The van der Waals surface area contributed by atoms with E-state index in [0.29, 0.717) is 49.4 Å². The van der Waals surface area contributed by atoms with Crippen molar-refractivity contribution in [3.63, 3.8) is 0 Å². The van der Waals surface area contributed by atoms with E-state index in [-0.39, 0.29) is 23.7 Å². The molecule has 1 saturated heterocycles. The molecule has 6 nitrogen and oxygen atoms in total. The van der Waals surface area contributed by atoms with Gasteiger partial charge in [-0.05, 0) is 66.8 Å². The number of rotatable bonds is 6. The molecule has 2 heterocycles. The second-order valence-corrected chi connectivity index (χ2v) is 12.5. The molecule has 0 spiro atoms. The molecule has 1 aliphatic carbocycles. The summed E-state index contributed by atoms with van der Waals surface area (Å²) >= 11 is 0. The van der Waals surface area contributed by atoms with E-state index in [4.69, 9.17) is 9.15 Å². The maximum Gasteiger partial charge on any atom is 0.339 e. The summed E-state index contributed by atoms with van der Waals surface area (Å²) in [5, 5.41) is 11.8. The van der Waals surface area contributed by atoms with Crippen LogP contribution in [0.2, 0.25) is 0 Å². The number of nitrogens with zero attached hydrogens (tertiary/aromatic N) is 1. The first-order valence-corrected chi connectivity index (χ1v) is 14.3. The first-order valence-electron chi connectivity index (χ1n) is 14.3. The minimum absolute atomic E-state index is 0.0424. The molecule has 39 heavy (non-hydrogen) atoms. The van der Waals surface area contributed by atoms with Gasteiger partial charge in [-0.3, -0.25) is 4.79 Å². The van der Waals surface area contributed by atoms with Crippen LogP contribution in [0, 0.1) is 12.8 Å². The van der Waals surface area contributed by atoms with Gasteiger partial charge < -0.3 is 19.2 Å². The maximum atomic E-state index is 13.0. The highest BCUT2D eigenvalue weighted by Crippen LogP contribution is 2.40. The topological polar surface area (TPSA) is 80.0 Å². The fourth-order valence-electron chi connectivity index (χ4n) is 6.21. The van der Waals surface area contributed by atoms with E-state index in [2.05, 4.69) is 45.0 Å². The third-order valence-electron chi connectivity index (χ3n) is 8.85. The zero-order chi connectivity index (χ0) is 27.8. The third kappa shape index (κ3) is 5.91. The molecule has 3 aromatic rings. The number of carbonyl (C=O) groups excluding carboxylic acids is 1. The Morgan fingerprint density at radius 1 is 1.13 bits per heavy atom.